The third-order valence-electron chi connectivity index (χ3n) is 2.75. The van der Waals surface area contributed by atoms with Crippen LogP contribution in [0.25, 0.3) is 0 Å². The molecular weight excluding hydrogens is 216 g/mol. The Labute approximate surface area is 106 Å². The van der Waals surface area contributed by atoms with Crippen molar-refractivity contribution in [3.63, 3.8) is 0 Å². The molecule has 0 radical (unpaired) electrons. The van der Waals surface area contributed by atoms with Gasteiger partial charge in [-0.05, 0) is 6.42 Å². The Bertz CT molecular complexity index is 169. The van der Waals surface area contributed by atoms with Gasteiger partial charge in [-0.25, -0.2) is 0 Å². The van der Waals surface area contributed by atoms with E-state index in [2.05, 4.69) is 6.92 Å². The minimum absolute atomic E-state index is 0.217. The van der Waals surface area contributed by atoms with E-state index in [1.165, 1.54) is 38.5 Å². The van der Waals surface area contributed by atoms with Gasteiger partial charge in [-0.2, -0.15) is 0 Å². The largest absolute Gasteiger partial charge is 0.382 e. The van der Waals surface area contributed by atoms with E-state index in [9.17, 15) is 4.79 Å². The molecule has 0 bridgehead atoms. The van der Waals surface area contributed by atoms with Crippen molar-refractivity contribution in [3.05, 3.63) is 0 Å². The van der Waals surface area contributed by atoms with Crippen LogP contribution in [0, 0.1) is 0 Å². The van der Waals surface area contributed by atoms with Gasteiger partial charge in [0.1, 0.15) is 6.61 Å². The molecule has 0 atom stereocenters. The number of Topliss-reactive ketones (excluding diaryl/α,β-unsaturated/α-hetero) is 1. The lowest BCUT2D eigenvalue weighted by Gasteiger charge is -2.03. The highest BCUT2D eigenvalue weighted by molar-refractivity contribution is 5.79. The molecule has 0 rings (SSSR count). The van der Waals surface area contributed by atoms with E-state index in [1.807, 2.05) is 0 Å². The molecule has 0 aromatic heterocycles. The van der Waals surface area contributed by atoms with Gasteiger partial charge in [0.05, 0.1) is 13.2 Å². The quantitative estimate of drug-likeness (QED) is 0.466. The van der Waals surface area contributed by atoms with Crippen molar-refractivity contribution in [2.45, 2.75) is 58.3 Å². The molecule has 0 aromatic rings. The molecule has 17 heavy (non-hydrogen) atoms. The molecule has 0 aliphatic heterocycles. The van der Waals surface area contributed by atoms with E-state index in [1.54, 1.807) is 7.11 Å². The fraction of sp³-hybridized carbons (Fsp3) is 0.929. The summed E-state index contributed by atoms with van der Waals surface area (Å²) in [6, 6.07) is 0. The highest BCUT2D eigenvalue weighted by Crippen LogP contribution is 2.08. The molecule has 0 aliphatic rings. The van der Waals surface area contributed by atoms with Gasteiger partial charge < -0.3 is 9.47 Å². The molecule has 0 spiro atoms. The normalized spacial score (nSPS) is 10.7. The molecule has 3 nitrogen and oxygen atoms in total. The van der Waals surface area contributed by atoms with Crippen LogP contribution < -0.4 is 0 Å². The van der Waals surface area contributed by atoms with Crippen molar-refractivity contribution in [1.82, 2.24) is 0 Å². The number of carbonyl (C=O) groups excluding carboxylic acids is 1. The minimum atomic E-state index is 0.217. The molecule has 0 amide bonds. The second-order valence-corrected chi connectivity index (χ2v) is 4.46. The molecule has 0 fully saturated rings. The average molecular weight is 244 g/mol. The summed E-state index contributed by atoms with van der Waals surface area (Å²) in [6.45, 7) is 3.55. The van der Waals surface area contributed by atoms with Crippen LogP contribution in [0.5, 0.6) is 0 Å². The maximum absolute atomic E-state index is 11.4. The minimum Gasteiger partial charge on any atom is -0.382 e. The number of ether oxygens (including phenoxy) is 2. The Hall–Kier alpha value is -0.410. The van der Waals surface area contributed by atoms with Gasteiger partial charge in [-0.15, -0.1) is 0 Å². The lowest BCUT2D eigenvalue weighted by molar-refractivity contribution is -0.124. The Morgan fingerprint density at radius 2 is 1.59 bits per heavy atom. The fourth-order valence-electron chi connectivity index (χ4n) is 1.68. The number of carbonyl (C=O) groups is 1. The first-order chi connectivity index (χ1) is 8.31. The van der Waals surface area contributed by atoms with Gasteiger partial charge in [0.2, 0.25) is 0 Å². The highest BCUT2D eigenvalue weighted by atomic mass is 16.5. The topological polar surface area (TPSA) is 35.5 Å². The van der Waals surface area contributed by atoms with Crippen molar-refractivity contribution in [2.75, 3.05) is 26.9 Å². The number of unbranched alkanes of at least 4 members (excludes halogenated alkanes) is 6. The van der Waals surface area contributed by atoms with Crippen LogP contribution in [0.2, 0.25) is 0 Å². The van der Waals surface area contributed by atoms with Crippen LogP contribution in [0.4, 0.5) is 0 Å². The predicted molar refractivity (Wildman–Crippen MR) is 70.3 cm³/mol. The molecule has 0 aliphatic carbocycles. The summed E-state index contributed by atoms with van der Waals surface area (Å²) >= 11 is 0. The number of methoxy groups -OCH3 is 1. The molecule has 0 unspecified atom stereocenters. The smallest absolute Gasteiger partial charge is 0.158 e. The second-order valence-electron chi connectivity index (χ2n) is 4.46. The average Bonchev–Trinajstić information content (AvgIpc) is 2.33. The number of ketones is 1. The summed E-state index contributed by atoms with van der Waals surface area (Å²) in [4.78, 5) is 11.4. The zero-order valence-electron chi connectivity index (χ0n) is 11.5. The van der Waals surface area contributed by atoms with E-state index < -0.39 is 0 Å². The van der Waals surface area contributed by atoms with Gasteiger partial charge >= 0.3 is 0 Å². The summed E-state index contributed by atoms with van der Waals surface area (Å²) in [5.74, 6) is 0.217. The summed E-state index contributed by atoms with van der Waals surface area (Å²) in [5.41, 5.74) is 0. The van der Waals surface area contributed by atoms with Crippen LogP contribution in [0.3, 0.4) is 0 Å². The zero-order valence-corrected chi connectivity index (χ0v) is 11.5. The van der Waals surface area contributed by atoms with Crippen LogP contribution in [0.15, 0.2) is 0 Å². The maximum Gasteiger partial charge on any atom is 0.158 e. The van der Waals surface area contributed by atoms with Crippen LogP contribution in [0.1, 0.15) is 58.3 Å². The van der Waals surface area contributed by atoms with Crippen LogP contribution in [-0.4, -0.2) is 32.7 Å². The summed E-state index contributed by atoms with van der Waals surface area (Å²) in [6.07, 6.45) is 9.39. The highest BCUT2D eigenvalue weighted by Gasteiger charge is 2.01. The summed E-state index contributed by atoms with van der Waals surface area (Å²) in [7, 11) is 1.63. The van der Waals surface area contributed by atoms with Crippen molar-refractivity contribution < 1.29 is 14.3 Å². The summed E-state index contributed by atoms with van der Waals surface area (Å²) < 4.78 is 10.0. The SMILES string of the molecule is CCCCCCCCCC(=O)COCCOC. The summed E-state index contributed by atoms with van der Waals surface area (Å²) in [5, 5.41) is 0. The molecule has 3 heteroatoms. The van der Waals surface area contributed by atoms with Gasteiger partial charge in [0, 0.05) is 13.5 Å². The number of rotatable bonds is 13. The molecule has 0 aromatic carbocycles. The first kappa shape index (κ1) is 16.6. The Kier molecular flexibility index (Phi) is 13.3. The van der Waals surface area contributed by atoms with Crippen molar-refractivity contribution >= 4 is 5.78 Å². The van der Waals surface area contributed by atoms with Gasteiger partial charge in [-0.3, -0.25) is 4.79 Å². The van der Waals surface area contributed by atoms with Gasteiger partial charge in [0.15, 0.2) is 5.78 Å². The molecule has 0 N–H and O–H groups in total. The third-order valence-corrected chi connectivity index (χ3v) is 2.75. The number of hydrogen-bond acceptors (Lipinski definition) is 3. The monoisotopic (exact) mass is 244 g/mol. The van der Waals surface area contributed by atoms with E-state index in [0.717, 1.165) is 6.42 Å². The van der Waals surface area contributed by atoms with Crippen molar-refractivity contribution in [3.8, 4) is 0 Å². The lowest BCUT2D eigenvalue weighted by Crippen LogP contribution is -2.11. The molecule has 0 saturated heterocycles. The lowest BCUT2D eigenvalue weighted by atomic mass is 10.1. The molecule has 0 saturated carbocycles. The first-order valence-electron chi connectivity index (χ1n) is 6.89. The van der Waals surface area contributed by atoms with Crippen LogP contribution in [-0.2, 0) is 14.3 Å². The fourth-order valence-corrected chi connectivity index (χ4v) is 1.68. The van der Waals surface area contributed by atoms with Gasteiger partial charge in [0.25, 0.3) is 0 Å². The molecule has 102 valence electrons. The molecule has 0 heterocycles. The van der Waals surface area contributed by atoms with E-state index in [4.69, 9.17) is 9.47 Å². The Balaban J connectivity index is 3.11. The van der Waals surface area contributed by atoms with E-state index >= 15 is 0 Å². The Morgan fingerprint density at radius 1 is 0.941 bits per heavy atom. The third kappa shape index (κ3) is 13.5. The van der Waals surface area contributed by atoms with Gasteiger partial charge in [-0.1, -0.05) is 45.4 Å². The van der Waals surface area contributed by atoms with E-state index in [-0.39, 0.29) is 12.4 Å². The predicted octanol–water partition coefficient (Wildman–Crippen LogP) is 3.36. The first-order valence-corrected chi connectivity index (χ1v) is 6.89. The van der Waals surface area contributed by atoms with E-state index in [0.29, 0.717) is 19.6 Å². The maximum atomic E-state index is 11.4. The van der Waals surface area contributed by atoms with Crippen molar-refractivity contribution in [2.24, 2.45) is 0 Å². The second kappa shape index (κ2) is 13.7. The van der Waals surface area contributed by atoms with Crippen LogP contribution >= 0.6 is 0 Å². The standard InChI is InChI=1S/C14H28O3/c1-3-4-5-6-7-8-9-10-14(15)13-17-12-11-16-2/h3-13H2,1-2H3. The number of hydrogen-bond donors (Lipinski definition) is 0. The van der Waals surface area contributed by atoms with Crippen molar-refractivity contribution in [1.29, 1.82) is 0 Å². The molecular formula is C14H28O3. The Morgan fingerprint density at radius 3 is 2.24 bits per heavy atom. The zero-order chi connectivity index (χ0) is 12.8.